The molecule has 0 aliphatic rings. The Morgan fingerprint density at radius 2 is 2.16 bits per heavy atom. The lowest BCUT2D eigenvalue weighted by Crippen LogP contribution is -2.35. The second kappa shape index (κ2) is 8.91. The molecule has 0 aliphatic heterocycles. The molecule has 0 heterocycles. The van der Waals surface area contributed by atoms with Crippen LogP contribution >= 0.6 is 0 Å². The van der Waals surface area contributed by atoms with Crippen LogP contribution in [0.15, 0.2) is 24.3 Å². The molecule has 1 atom stereocenters. The lowest BCUT2D eigenvalue weighted by molar-refractivity contribution is 0.104. The van der Waals surface area contributed by atoms with E-state index in [9.17, 15) is 5.11 Å². The van der Waals surface area contributed by atoms with Crippen LogP contribution in [0.4, 0.5) is 0 Å². The molecule has 0 radical (unpaired) electrons. The molecule has 4 nitrogen and oxygen atoms in total. The third kappa shape index (κ3) is 7.15. The van der Waals surface area contributed by atoms with Crippen molar-refractivity contribution in [2.24, 2.45) is 0 Å². The van der Waals surface area contributed by atoms with E-state index in [1.807, 2.05) is 5.32 Å². The fraction of sp³-hybridized carbons (Fsp3) is 0.600. The molecule has 0 saturated carbocycles. The summed E-state index contributed by atoms with van der Waals surface area (Å²) in [4.78, 5) is 0. The Morgan fingerprint density at radius 3 is 2.79 bits per heavy atom. The Morgan fingerprint density at radius 1 is 1.42 bits per heavy atom. The largest absolute Gasteiger partial charge is 0.491 e. The van der Waals surface area contributed by atoms with E-state index in [4.69, 9.17) is 22.6 Å². The fourth-order valence-corrected chi connectivity index (χ4v) is 1.09. The summed E-state index contributed by atoms with van der Waals surface area (Å²) in [6.45, 7) is -13.1. The van der Waals surface area contributed by atoms with Gasteiger partial charge in [-0.1, -0.05) is 25.8 Å². The molecule has 4 heteroatoms. The van der Waals surface area contributed by atoms with Crippen molar-refractivity contribution in [3.05, 3.63) is 29.8 Å². The maximum Gasteiger partial charge on any atom is 0.119 e. The average Bonchev–Trinajstić information content (AvgIpc) is 2.63. The third-order valence-electron chi connectivity index (χ3n) is 1.94. The molecule has 0 aliphatic carbocycles. The predicted octanol–water partition coefficient (Wildman–Crippen LogP) is 1.61. The van der Waals surface area contributed by atoms with Crippen molar-refractivity contribution in [2.45, 2.75) is 32.2 Å². The van der Waals surface area contributed by atoms with Crippen LogP contribution in [-0.2, 0) is 11.1 Å². The van der Waals surface area contributed by atoms with Gasteiger partial charge in [0.2, 0.25) is 0 Å². The minimum absolute atomic E-state index is 0.131. The molecule has 2 N–H and O–H groups in total. The number of methoxy groups -OCH3 is 1. The van der Waals surface area contributed by atoms with Crippen LogP contribution < -0.4 is 10.1 Å². The van der Waals surface area contributed by atoms with Gasteiger partial charge >= 0.3 is 0 Å². The highest BCUT2D eigenvalue weighted by molar-refractivity contribution is 5.27. The van der Waals surface area contributed by atoms with E-state index in [1.54, 1.807) is 0 Å². The maximum absolute atomic E-state index is 10.1. The topological polar surface area (TPSA) is 50.7 Å². The van der Waals surface area contributed by atoms with E-state index in [2.05, 4.69) is 4.74 Å². The van der Waals surface area contributed by atoms with Crippen molar-refractivity contribution < 1.29 is 32.4 Å². The zero-order valence-corrected chi connectivity index (χ0v) is 10.4. The number of benzene rings is 1. The van der Waals surface area contributed by atoms with Gasteiger partial charge in [-0.3, -0.25) is 0 Å². The van der Waals surface area contributed by atoms with Crippen molar-refractivity contribution in [1.29, 1.82) is 0 Å². The summed E-state index contributed by atoms with van der Waals surface area (Å²) in [7, 11) is 1.00. The Bertz CT molecular complexity index is 747. The summed E-state index contributed by atoms with van der Waals surface area (Å²) in [6.07, 6.45) is -4.64. The molecule has 1 unspecified atom stereocenters. The van der Waals surface area contributed by atoms with Gasteiger partial charge in [0.05, 0.1) is 12.0 Å². The van der Waals surface area contributed by atoms with E-state index in [1.165, 1.54) is 0 Å². The molecule has 1 rings (SSSR count). The number of aliphatic hydroxyl groups excluding tert-OH is 1. The van der Waals surface area contributed by atoms with Gasteiger partial charge in [0.15, 0.2) is 0 Å². The highest BCUT2D eigenvalue weighted by atomic mass is 16.5. The van der Waals surface area contributed by atoms with Gasteiger partial charge in [-0.2, -0.15) is 0 Å². The molecule has 0 aromatic heterocycles. The number of aliphatic hydroxyl groups is 1. The van der Waals surface area contributed by atoms with Gasteiger partial charge in [-0.15, -0.1) is 0 Å². The SMILES string of the molecule is [2H]C([2H])(Oc1ccc(C([2H])([2H])C([2H])([2H])OC)cc1)C(O)CNC([2H])(C([2H])([2H])[2H])C([2H])([2H])[2H]. The van der Waals surface area contributed by atoms with Crippen LogP contribution in [0.5, 0.6) is 5.75 Å². The van der Waals surface area contributed by atoms with E-state index in [0.29, 0.717) is 0 Å². The number of hydrogen-bond donors (Lipinski definition) is 2. The summed E-state index contributed by atoms with van der Waals surface area (Å²) in [5.74, 6) is -0.185. The molecule has 19 heavy (non-hydrogen) atoms. The van der Waals surface area contributed by atoms with Crippen LogP contribution in [0.25, 0.3) is 0 Å². The normalized spacial score (nSPS) is 26.9. The fourth-order valence-electron chi connectivity index (χ4n) is 1.09. The molecule has 0 amide bonds. The third-order valence-corrected chi connectivity index (χ3v) is 1.94. The molecule has 0 saturated heterocycles. The summed E-state index contributed by atoms with van der Waals surface area (Å²) < 4.78 is 108. The Hall–Kier alpha value is -1.10. The monoisotopic (exact) mass is 280 g/mol. The van der Waals surface area contributed by atoms with E-state index < -0.39 is 51.9 Å². The predicted molar refractivity (Wildman–Crippen MR) is 76.7 cm³/mol. The van der Waals surface area contributed by atoms with Gasteiger partial charge in [-0.05, 0) is 24.1 Å². The van der Waals surface area contributed by atoms with Crippen molar-refractivity contribution in [3.8, 4) is 5.75 Å². The molecule has 1 aromatic rings. The van der Waals surface area contributed by atoms with Crippen LogP contribution in [0.3, 0.4) is 0 Å². The lowest BCUT2D eigenvalue weighted by atomic mass is 10.1. The first kappa shape index (κ1) is 5.35. The highest BCUT2D eigenvalue weighted by Gasteiger charge is 2.05. The quantitative estimate of drug-likeness (QED) is 0.721. The zero-order valence-electron chi connectivity index (χ0n) is 23.4. The summed E-state index contributed by atoms with van der Waals surface area (Å²) >= 11 is 0. The molecular formula is C15H25NO3. The van der Waals surface area contributed by atoms with Crippen LogP contribution in [-0.4, -0.2) is 44.0 Å². The van der Waals surface area contributed by atoms with Gasteiger partial charge in [0.1, 0.15) is 18.4 Å². The number of ether oxygens (including phenoxy) is 2. The minimum atomic E-state index is -3.31. The Kier molecular flexibility index (Phi) is 2.51. The smallest absolute Gasteiger partial charge is 0.119 e. The first-order valence-corrected chi connectivity index (χ1v) is 5.40. The summed E-state index contributed by atoms with van der Waals surface area (Å²) in [6, 6.07) is 1.34. The standard InChI is InChI=1S/C15H25NO3/c1-12(2)16-10-14(17)11-19-15-6-4-13(5-7-15)8-9-18-3/h4-7,12,14,16-17H,8-11H2,1-3H3/i1D3,2D3,8D2,9D2,11D2,12D. The van der Waals surface area contributed by atoms with Gasteiger partial charge in [0, 0.05) is 32.0 Å². The zero-order chi connectivity index (χ0) is 25.4. The van der Waals surface area contributed by atoms with Gasteiger partial charge in [-0.25, -0.2) is 0 Å². The van der Waals surface area contributed by atoms with E-state index in [0.717, 1.165) is 31.4 Å². The molecule has 0 bridgehead atoms. The summed E-state index contributed by atoms with van der Waals surface area (Å²) in [5, 5.41) is 12.0. The minimum Gasteiger partial charge on any atom is -0.491 e. The van der Waals surface area contributed by atoms with E-state index >= 15 is 0 Å². The Balaban J connectivity index is 2.97. The number of rotatable bonds is 9. The number of hydrogen-bond acceptors (Lipinski definition) is 4. The second-order valence-electron chi connectivity index (χ2n) is 3.45. The maximum atomic E-state index is 10.1. The number of aryl methyl sites for hydroxylation is 1. The van der Waals surface area contributed by atoms with Crippen LogP contribution in [0, 0.1) is 0 Å². The average molecular weight is 280 g/mol. The second-order valence-corrected chi connectivity index (χ2v) is 3.45. The van der Waals surface area contributed by atoms with Crippen molar-refractivity contribution in [3.63, 3.8) is 0 Å². The van der Waals surface area contributed by atoms with Crippen molar-refractivity contribution >= 4 is 0 Å². The number of nitrogens with one attached hydrogen (secondary N) is 1. The summed E-state index contributed by atoms with van der Waals surface area (Å²) in [5.41, 5.74) is -0.131. The lowest BCUT2D eigenvalue weighted by Gasteiger charge is -2.15. The van der Waals surface area contributed by atoms with Crippen LogP contribution in [0.2, 0.25) is 0 Å². The highest BCUT2D eigenvalue weighted by Crippen LogP contribution is 2.12. The van der Waals surface area contributed by atoms with Gasteiger partial charge < -0.3 is 19.9 Å². The van der Waals surface area contributed by atoms with Crippen LogP contribution in [0.1, 0.15) is 37.1 Å². The molecule has 0 spiro atoms. The molecule has 0 fully saturated rings. The van der Waals surface area contributed by atoms with Crippen molar-refractivity contribution in [2.75, 3.05) is 26.8 Å². The first-order valence-electron chi connectivity index (χ1n) is 11.9. The molecule has 1 aromatic carbocycles. The molecule has 108 valence electrons. The van der Waals surface area contributed by atoms with Gasteiger partial charge in [0.25, 0.3) is 0 Å². The van der Waals surface area contributed by atoms with E-state index in [-0.39, 0.29) is 11.3 Å². The Labute approximate surface area is 134 Å². The molecular weight excluding hydrogens is 242 g/mol. The first-order chi connectivity index (χ1) is 14.1. The van der Waals surface area contributed by atoms with Crippen molar-refractivity contribution in [1.82, 2.24) is 5.32 Å².